The number of hydrogen-bond acceptors (Lipinski definition) is 1. The number of halogens is 4. The van der Waals surface area contributed by atoms with Crippen LogP contribution in [-0.4, -0.2) is 6.04 Å². The fraction of sp³-hybridized carbons (Fsp3) is 0.385. The van der Waals surface area contributed by atoms with E-state index in [2.05, 4.69) is 27.2 Å². The molecule has 1 nitrogen and oxygen atoms in total. The molecule has 0 radical (unpaired) electrons. The maximum atomic E-state index is 12.9. The molecule has 18 heavy (non-hydrogen) atoms. The van der Waals surface area contributed by atoms with E-state index in [9.17, 15) is 13.2 Å². The predicted molar refractivity (Wildman–Crippen MR) is 70.3 cm³/mol. The molecule has 0 aliphatic carbocycles. The van der Waals surface area contributed by atoms with E-state index in [1.807, 2.05) is 6.92 Å². The largest absolute Gasteiger partial charge is 0.418 e. The van der Waals surface area contributed by atoms with Gasteiger partial charge in [-0.05, 0) is 24.6 Å². The minimum atomic E-state index is -4.39. The number of nitrogens with one attached hydrogen (secondary N) is 1. The second-order valence-electron chi connectivity index (χ2n) is 3.85. The summed E-state index contributed by atoms with van der Waals surface area (Å²) in [5, 5.41) is 2.85. The van der Waals surface area contributed by atoms with Gasteiger partial charge < -0.3 is 5.32 Å². The van der Waals surface area contributed by atoms with Crippen molar-refractivity contribution in [2.75, 3.05) is 5.32 Å². The lowest BCUT2D eigenvalue weighted by atomic mass is 10.1. The lowest BCUT2D eigenvalue weighted by Gasteiger charge is -2.20. The van der Waals surface area contributed by atoms with Crippen molar-refractivity contribution in [2.45, 2.75) is 32.0 Å². The van der Waals surface area contributed by atoms with E-state index < -0.39 is 11.7 Å². The minimum Gasteiger partial charge on any atom is -0.381 e. The third-order valence-corrected chi connectivity index (χ3v) is 3.00. The van der Waals surface area contributed by atoms with Gasteiger partial charge in [0.05, 0.1) is 5.56 Å². The van der Waals surface area contributed by atoms with Crippen molar-refractivity contribution in [2.24, 2.45) is 0 Å². The molecule has 0 saturated heterocycles. The van der Waals surface area contributed by atoms with Gasteiger partial charge in [0.15, 0.2) is 0 Å². The van der Waals surface area contributed by atoms with E-state index in [0.717, 1.165) is 6.07 Å². The average Bonchev–Trinajstić information content (AvgIpc) is 2.29. The highest BCUT2D eigenvalue weighted by Crippen LogP contribution is 2.37. The number of alkyl halides is 3. The van der Waals surface area contributed by atoms with E-state index in [4.69, 9.17) is 6.42 Å². The summed E-state index contributed by atoms with van der Waals surface area (Å²) in [6, 6.07) is 3.88. The van der Waals surface area contributed by atoms with E-state index in [-0.39, 0.29) is 11.7 Å². The normalized spacial score (nSPS) is 12.9. The van der Waals surface area contributed by atoms with Crippen molar-refractivity contribution in [3.05, 3.63) is 28.2 Å². The molecule has 5 heteroatoms. The molecule has 0 aliphatic heterocycles. The van der Waals surface area contributed by atoms with Gasteiger partial charge in [-0.25, -0.2) is 0 Å². The molecule has 1 aromatic carbocycles. The summed E-state index contributed by atoms with van der Waals surface area (Å²) in [5.74, 6) is 2.46. The van der Waals surface area contributed by atoms with E-state index in [1.54, 1.807) is 6.07 Å². The Morgan fingerprint density at radius 3 is 2.61 bits per heavy atom. The minimum absolute atomic E-state index is 0.0628. The summed E-state index contributed by atoms with van der Waals surface area (Å²) in [7, 11) is 0. The van der Waals surface area contributed by atoms with Crippen LogP contribution in [0, 0.1) is 12.3 Å². The van der Waals surface area contributed by atoms with Crippen molar-refractivity contribution >= 4 is 21.6 Å². The summed E-state index contributed by atoms with van der Waals surface area (Å²) >= 11 is 3.04. The zero-order valence-electron chi connectivity index (χ0n) is 9.81. The van der Waals surface area contributed by atoms with Gasteiger partial charge in [-0.1, -0.05) is 22.9 Å². The molecular weight excluding hydrogens is 307 g/mol. The first-order chi connectivity index (χ1) is 8.38. The monoisotopic (exact) mass is 319 g/mol. The maximum absolute atomic E-state index is 12.9. The number of hydrogen-bond donors (Lipinski definition) is 1. The van der Waals surface area contributed by atoms with E-state index >= 15 is 0 Å². The zero-order valence-corrected chi connectivity index (χ0v) is 11.4. The van der Waals surface area contributed by atoms with Crippen LogP contribution < -0.4 is 5.32 Å². The van der Waals surface area contributed by atoms with Gasteiger partial charge in [-0.2, -0.15) is 13.2 Å². The maximum Gasteiger partial charge on any atom is 0.418 e. The molecule has 0 spiro atoms. The van der Waals surface area contributed by atoms with Crippen LogP contribution in [0.1, 0.15) is 25.3 Å². The van der Waals surface area contributed by atoms with Gasteiger partial charge >= 0.3 is 6.18 Å². The van der Waals surface area contributed by atoms with Gasteiger partial charge in [0.25, 0.3) is 0 Å². The third-order valence-electron chi connectivity index (χ3n) is 2.50. The highest BCUT2D eigenvalue weighted by molar-refractivity contribution is 9.10. The zero-order chi connectivity index (χ0) is 13.8. The Bertz CT molecular complexity index is 449. The first-order valence-corrected chi connectivity index (χ1v) is 6.24. The van der Waals surface area contributed by atoms with Crippen LogP contribution in [-0.2, 0) is 6.18 Å². The van der Waals surface area contributed by atoms with Gasteiger partial charge in [0, 0.05) is 22.6 Å². The van der Waals surface area contributed by atoms with Crippen LogP contribution in [0.2, 0.25) is 0 Å². The average molecular weight is 320 g/mol. The molecule has 1 rings (SSSR count). The highest BCUT2D eigenvalue weighted by atomic mass is 79.9. The van der Waals surface area contributed by atoms with Crippen LogP contribution in [0.15, 0.2) is 22.7 Å². The van der Waals surface area contributed by atoms with Crippen molar-refractivity contribution in [3.8, 4) is 12.3 Å². The van der Waals surface area contributed by atoms with Gasteiger partial charge in [-0.15, -0.1) is 12.3 Å². The molecule has 0 aromatic heterocycles. The molecule has 0 aliphatic rings. The molecular formula is C13H13BrF3N. The van der Waals surface area contributed by atoms with Crippen LogP contribution in [0.4, 0.5) is 18.9 Å². The molecule has 1 atom stereocenters. The number of anilines is 1. The van der Waals surface area contributed by atoms with E-state index in [1.165, 1.54) is 6.07 Å². The van der Waals surface area contributed by atoms with Crippen molar-refractivity contribution in [1.82, 2.24) is 0 Å². The SMILES string of the molecule is C#CCC(CC)Nc1ccc(Br)cc1C(F)(F)F. The summed E-state index contributed by atoms with van der Waals surface area (Å²) in [5.41, 5.74) is -0.625. The highest BCUT2D eigenvalue weighted by Gasteiger charge is 2.34. The van der Waals surface area contributed by atoms with Crippen LogP contribution in [0.25, 0.3) is 0 Å². The van der Waals surface area contributed by atoms with Crippen molar-refractivity contribution in [1.29, 1.82) is 0 Å². The first-order valence-electron chi connectivity index (χ1n) is 5.45. The molecule has 98 valence electrons. The quantitative estimate of drug-likeness (QED) is 0.794. The summed E-state index contributed by atoms with van der Waals surface area (Å²) in [6.45, 7) is 1.88. The molecule has 1 aromatic rings. The summed E-state index contributed by atoms with van der Waals surface area (Å²) < 4.78 is 39.0. The Kier molecular flexibility index (Phi) is 5.09. The Morgan fingerprint density at radius 2 is 2.11 bits per heavy atom. The predicted octanol–water partition coefficient (Wildman–Crippen LogP) is 4.68. The fourth-order valence-corrected chi connectivity index (χ4v) is 1.90. The van der Waals surface area contributed by atoms with Crippen molar-refractivity contribution in [3.63, 3.8) is 0 Å². The number of terminal acetylenes is 1. The molecule has 1 unspecified atom stereocenters. The Labute approximate surface area is 113 Å². The lowest BCUT2D eigenvalue weighted by Crippen LogP contribution is -2.20. The molecule has 0 bridgehead atoms. The lowest BCUT2D eigenvalue weighted by molar-refractivity contribution is -0.137. The van der Waals surface area contributed by atoms with Crippen LogP contribution in [0.5, 0.6) is 0 Å². The molecule has 0 saturated carbocycles. The molecule has 1 N–H and O–H groups in total. The summed E-state index contributed by atoms with van der Waals surface area (Å²) in [4.78, 5) is 0. The molecule has 0 fully saturated rings. The third kappa shape index (κ3) is 3.95. The van der Waals surface area contributed by atoms with Crippen LogP contribution in [0.3, 0.4) is 0 Å². The van der Waals surface area contributed by atoms with Gasteiger partial charge in [0.1, 0.15) is 0 Å². The summed E-state index contributed by atoms with van der Waals surface area (Å²) in [6.07, 6.45) is 1.86. The van der Waals surface area contributed by atoms with Crippen LogP contribution >= 0.6 is 15.9 Å². The standard InChI is InChI=1S/C13H13BrF3N/c1-3-5-10(4-2)18-12-7-6-9(14)8-11(12)13(15,16)17/h1,6-8,10,18H,4-5H2,2H3. The van der Waals surface area contributed by atoms with Gasteiger partial charge in [0.2, 0.25) is 0 Å². The van der Waals surface area contributed by atoms with E-state index in [0.29, 0.717) is 17.3 Å². The fourth-order valence-electron chi connectivity index (χ4n) is 1.54. The first kappa shape index (κ1) is 14.9. The number of rotatable bonds is 4. The number of benzene rings is 1. The Morgan fingerprint density at radius 1 is 1.44 bits per heavy atom. The second-order valence-corrected chi connectivity index (χ2v) is 4.76. The smallest absolute Gasteiger partial charge is 0.381 e. The Hall–Kier alpha value is -1.15. The molecule has 0 heterocycles. The van der Waals surface area contributed by atoms with Crippen molar-refractivity contribution < 1.29 is 13.2 Å². The topological polar surface area (TPSA) is 12.0 Å². The Balaban J connectivity index is 3.05. The molecule has 0 amide bonds. The second kappa shape index (κ2) is 6.14. The van der Waals surface area contributed by atoms with Gasteiger partial charge in [-0.3, -0.25) is 0 Å².